The summed E-state index contributed by atoms with van der Waals surface area (Å²) in [5.41, 5.74) is 1.19. The Kier molecular flexibility index (Phi) is 5.92. The van der Waals surface area contributed by atoms with E-state index in [1.807, 2.05) is 18.2 Å². The van der Waals surface area contributed by atoms with Crippen molar-refractivity contribution in [1.29, 1.82) is 0 Å². The second-order valence-corrected chi connectivity index (χ2v) is 7.91. The van der Waals surface area contributed by atoms with Crippen molar-refractivity contribution in [2.24, 2.45) is 0 Å². The number of benzene rings is 2. The van der Waals surface area contributed by atoms with Gasteiger partial charge >= 0.3 is 0 Å². The van der Waals surface area contributed by atoms with Crippen LogP contribution in [0.25, 0.3) is 0 Å². The number of rotatable bonds is 6. The molecule has 0 saturated carbocycles. The number of ether oxygens (including phenoxy) is 1. The molecule has 2 rings (SSSR count). The van der Waals surface area contributed by atoms with Gasteiger partial charge in [0, 0.05) is 34.8 Å². The van der Waals surface area contributed by atoms with E-state index < -0.39 is 10.0 Å². The molecule has 0 amide bonds. The summed E-state index contributed by atoms with van der Waals surface area (Å²) < 4.78 is 31.7. The van der Waals surface area contributed by atoms with Crippen LogP contribution in [0.5, 0.6) is 5.75 Å². The predicted octanol–water partition coefficient (Wildman–Crippen LogP) is 3.96. The Balaban J connectivity index is 2.22. The number of para-hydroxylation sites is 1. The third kappa shape index (κ3) is 4.38. The van der Waals surface area contributed by atoms with Gasteiger partial charge in [-0.25, -0.2) is 12.7 Å². The fourth-order valence-electron chi connectivity index (χ4n) is 2.13. The summed E-state index contributed by atoms with van der Waals surface area (Å²) in [5.74, 6) is 0.391. The first-order chi connectivity index (χ1) is 10.8. The zero-order valence-corrected chi connectivity index (χ0v) is 15.1. The maximum Gasteiger partial charge on any atom is 0.218 e. The fourth-order valence-corrected chi connectivity index (χ4v) is 4.06. The minimum Gasteiger partial charge on any atom is -0.496 e. The highest BCUT2D eigenvalue weighted by molar-refractivity contribution is 7.88. The average Bonchev–Trinajstić information content (AvgIpc) is 2.51. The Labute approximate surface area is 146 Å². The monoisotopic (exact) mass is 373 g/mol. The van der Waals surface area contributed by atoms with Crippen LogP contribution >= 0.6 is 23.2 Å². The lowest BCUT2D eigenvalue weighted by atomic mass is 10.2. The molecule has 0 aromatic heterocycles. The van der Waals surface area contributed by atoms with Gasteiger partial charge in [-0.05, 0) is 18.2 Å². The van der Waals surface area contributed by atoms with Crippen LogP contribution in [-0.4, -0.2) is 26.9 Å². The molecule has 0 radical (unpaired) electrons. The fraction of sp³-hybridized carbons (Fsp3) is 0.250. The van der Waals surface area contributed by atoms with Crippen molar-refractivity contribution in [3.05, 3.63) is 63.6 Å². The van der Waals surface area contributed by atoms with Gasteiger partial charge in [-0.2, -0.15) is 0 Å². The number of hydrogen-bond acceptors (Lipinski definition) is 3. The molecule has 124 valence electrons. The largest absolute Gasteiger partial charge is 0.496 e. The van der Waals surface area contributed by atoms with Crippen molar-refractivity contribution in [1.82, 2.24) is 4.31 Å². The summed E-state index contributed by atoms with van der Waals surface area (Å²) in [6.07, 6.45) is 0. The molecule has 0 aliphatic carbocycles. The van der Waals surface area contributed by atoms with Crippen molar-refractivity contribution in [3.8, 4) is 5.75 Å². The van der Waals surface area contributed by atoms with E-state index in [-0.39, 0.29) is 12.3 Å². The topological polar surface area (TPSA) is 46.6 Å². The normalized spacial score (nSPS) is 11.7. The quantitative estimate of drug-likeness (QED) is 0.769. The average molecular weight is 374 g/mol. The lowest BCUT2D eigenvalue weighted by Gasteiger charge is -2.19. The van der Waals surface area contributed by atoms with Crippen LogP contribution in [0.15, 0.2) is 42.5 Å². The van der Waals surface area contributed by atoms with Gasteiger partial charge < -0.3 is 4.74 Å². The van der Waals surface area contributed by atoms with Crippen LogP contribution in [0.4, 0.5) is 0 Å². The van der Waals surface area contributed by atoms with Crippen molar-refractivity contribution in [3.63, 3.8) is 0 Å². The van der Waals surface area contributed by atoms with Crippen LogP contribution in [0, 0.1) is 0 Å². The van der Waals surface area contributed by atoms with E-state index in [0.29, 0.717) is 21.4 Å². The van der Waals surface area contributed by atoms with Gasteiger partial charge in [-0.1, -0.05) is 47.5 Å². The summed E-state index contributed by atoms with van der Waals surface area (Å²) in [5, 5.41) is 0.679. The molecule has 2 aromatic carbocycles. The molecule has 0 aliphatic rings. The lowest BCUT2D eigenvalue weighted by molar-refractivity contribution is 0.398. The number of nitrogens with zero attached hydrogens (tertiary/aromatic N) is 1. The molecule has 23 heavy (non-hydrogen) atoms. The highest BCUT2D eigenvalue weighted by atomic mass is 35.5. The first-order valence-electron chi connectivity index (χ1n) is 6.84. The Morgan fingerprint density at radius 2 is 1.65 bits per heavy atom. The number of sulfonamides is 1. The summed E-state index contributed by atoms with van der Waals surface area (Å²) in [4.78, 5) is 0. The minimum atomic E-state index is -3.57. The molecular weight excluding hydrogens is 357 g/mol. The standard InChI is InChI=1S/C16H17Cl2NO3S/c1-19(10-12-6-3-4-9-16(12)22-2)23(20,21)11-13-14(17)7-5-8-15(13)18/h3-9H,10-11H2,1-2H3. The minimum absolute atomic E-state index is 0.203. The van der Waals surface area contributed by atoms with Gasteiger partial charge in [-0.3, -0.25) is 0 Å². The third-order valence-electron chi connectivity index (χ3n) is 3.45. The van der Waals surface area contributed by atoms with Crippen LogP contribution < -0.4 is 4.74 Å². The molecule has 2 aromatic rings. The van der Waals surface area contributed by atoms with Gasteiger partial charge in [-0.15, -0.1) is 0 Å². The van der Waals surface area contributed by atoms with Crippen LogP contribution in [-0.2, 0) is 22.3 Å². The van der Waals surface area contributed by atoms with Crippen LogP contribution in [0.1, 0.15) is 11.1 Å². The third-order valence-corrected chi connectivity index (χ3v) is 5.89. The Bertz CT molecular complexity index is 773. The molecule has 0 N–H and O–H groups in total. The highest BCUT2D eigenvalue weighted by Crippen LogP contribution is 2.28. The number of hydrogen-bond donors (Lipinski definition) is 0. The van der Waals surface area contributed by atoms with Crippen molar-refractivity contribution >= 4 is 33.2 Å². The SMILES string of the molecule is COc1ccccc1CN(C)S(=O)(=O)Cc1c(Cl)cccc1Cl. The Hall–Kier alpha value is -1.27. The zero-order valence-electron chi connectivity index (χ0n) is 12.8. The summed E-state index contributed by atoms with van der Waals surface area (Å²) in [6, 6.07) is 12.2. The van der Waals surface area contributed by atoms with Gasteiger partial charge in [0.15, 0.2) is 0 Å². The number of halogens is 2. The van der Waals surface area contributed by atoms with Crippen molar-refractivity contribution < 1.29 is 13.2 Å². The first-order valence-corrected chi connectivity index (χ1v) is 9.20. The van der Waals surface area contributed by atoms with E-state index in [9.17, 15) is 8.42 Å². The lowest BCUT2D eigenvalue weighted by Crippen LogP contribution is -2.28. The summed E-state index contributed by atoms with van der Waals surface area (Å²) in [6.45, 7) is 0.203. The van der Waals surface area contributed by atoms with E-state index in [1.54, 1.807) is 31.4 Å². The second kappa shape index (κ2) is 7.53. The van der Waals surface area contributed by atoms with E-state index in [0.717, 1.165) is 5.56 Å². The van der Waals surface area contributed by atoms with E-state index in [2.05, 4.69) is 0 Å². The molecule has 0 bridgehead atoms. The molecule has 0 atom stereocenters. The zero-order chi connectivity index (χ0) is 17.0. The Morgan fingerprint density at radius 1 is 1.04 bits per heavy atom. The molecule has 7 heteroatoms. The second-order valence-electron chi connectivity index (χ2n) is 5.02. The van der Waals surface area contributed by atoms with Crippen molar-refractivity contribution in [2.75, 3.05) is 14.2 Å². The summed E-state index contributed by atoms with van der Waals surface area (Å²) >= 11 is 12.1. The molecule has 0 saturated heterocycles. The van der Waals surface area contributed by atoms with Gasteiger partial charge in [0.2, 0.25) is 10.0 Å². The summed E-state index contributed by atoms with van der Waals surface area (Å²) in [7, 11) is -0.500. The Morgan fingerprint density at radius 3 is 2.26 bits per heavy atom. The van der Waals surface area contributed by atoms with Crippen LogP contribution in [0.2, 0.25) is 10.0 Å². The molecule has 0 spiro atoms. The van der Waals surface area contributed by atoms with Gasteiger partial charge in [0.05, 0.1) is 12.9 Å². The molecule has 0 aliphatic heterocycles. The van der Waals surface area contributed by atoms with E-state index >= 15 is 0 Å². The molecule has 0 fully saturated rings. The maximum atomic E-state index is 12.6. The predicted molar refractivity (Wildman–Crippen MR) is 93.5 cm³/mol. The molecule has 0 heterocycles. The van der Waals surface area contributed by atoms with E-state index in [4.69, 9.17) is 27.9 Å². The van der Waals surface area contributed by atoms with Crippen molar-refractivity contribution in [2.45, 2.75) is 12.3 Å². The maximum absolute atomic E-state index is 12.6. The molecular formula is C16H17Cl2NO3S. The van der Waals surface area contributed by atoms with E-state index in [1.165, 1.54) is 11.4 Å². The van der Waals surface area contributed by atoms with Gasteiger partial charge in [0.1, 0.15) is 5.75 Å². The number of methoxy groups -OCH3 is 1. The van der Waals surface area contributed by atoms with Crippen LogP contribution in [0.3, 0.4) is 0 Å². The smallest absolute Gasteiger partial charge is 0.218 e. The first kappa shape index (κ1) is 18.1. The highest BCUT2D eigenvalue weighted by Gasteiger charge is 2.22. The molecule has 0 unspecified atom stereocenters. The van der Waals surface area contributed by atoms with Gasteiger partial charge in [0.25, 0.3) is 0 Å². The molecule has 4 nitrogen and oxygen atoms in total.